The highest BCUT2D eigenvalue weighted by atomic mass is 15.4. The van der Waals surface area contributed by atoms with Crippen LogP contribution in [0.2, 0.25) is 0 Å². The van der Waals surface area contributed by atoms with E-state index in [1.165, 1.54) is 0 Å². The van der Waals surface area contributed by atoms with Crippen LogP contribution in [0.5, 0.6) is 0 Å². The molecule has 1 aromatic carbocycles. The van der Waals surface area contributed by atoms with Gasteiger partial charge in [0.15, 0.2) is 0 Å². The first-order valence-electron chi connectivity index (χ1n) is 3.86. The summed E-state index contributed by atoms with van der Waals surface area (Å²) in [6.07, 6.45) is 1.96. The van der Waals surface area contributed by atoms with Gasteiger partial charge in [0.2, 0.25) is 0 Å². The van der Waals surface area contributed by atoms with Crippen LogP contribution in [0.4, 0.5) is 5.69 Å². The van der Waals surface area contributed by atoms with Gasteiger partial charge >= 0.3 is 0 Å². The van der Waals surface area contributed by atoms with Crippen molar-refractivity contribution in [2.75, 3.05) is 18.2 Å². The van der Waals surface area contributed by atoms with Crippen molar-refractivity contribution >= 4 is 16.6 Å². The van der Waals surface area contributed by atoms with Crippen molar-refractivity contribution < 1.29 is 0 Å². The molecule has 0 radical (unpaired) electrons. The van der Waals surface area contributed by atoms with Crippen LogP contribution in [0.15, 0.2) is 30.5 Å². The van der Waals surface area contributed by atoms with E-state index in [1.807, 2.05) is 42.2 Å². The van der Waals surface area contributed by atoms with Crippen LogP contribution in [0, 0.1) is 0 Å². The fraction of sp³-hybridized carbons (Fsp3) is 0.111. The van der Waals surface area contributed by atoms with E-state index < -0.39 is 0 Å². The Morgan fingerprint density at radius 1 is 1.33 bits per heavy atom. The lowest BCUT2D eigenvalue weighted by Crippen LogP contribution is -2.05. The molecule has 3 nitrogen and oxygen atoms in total. The molecule has 1 aromatic heterocycles. The molecule has 12 heavy (non-hydrogen) atoms. The van der Waals surface area contributed by atoms with Crippen LogP contribution >= 0.6 is 0 Å². The molecule has 3 heteroatoms. The molecule has 0 aliphatic carbocycles. The van der Waals surface area contributed by atoms with Crippen molar-refractivity contribution in [3.8, 4) is 0 Å². The number of rotatable bonds is 1. The molecular weight excluding hydrogens is 150 g/mol. The van der Waals surface area contributed by atoms with Crippen molar-refractivity contribution in [2.45, 2.75) is 0 Å². The Morgan fingerprint density at radius 3 is 2.92 bits per heavy atom. The SMILES string of the molecule is CNn1ccc2c(N)cccc21. The molecule has 2 rings (SSSR count). The predicted octanol–water partition coefficient (Wildman–Crippen LogP) is 1.40. The molecule has 0 saturated carbocycles. The van der Waals surface area contributed by atoms with E-state index in [4.69, 9.17) is 5.73 Å². The largest absolute Gasteiger partial charge is 0.398 e. The number of anilines is 1. The van der Waals surface area contributed by atoms with Gasteiger partial charge in [-0.15, -0.1) is 0 Å². The van der Waals surface area contributed by atoms with Gasteiger partial charge < -0.3 is 11.2 Å². The molecule has 0 amide bonds. The Hall–Kier alpha value is -1.64. The third-order valence-corrected chi connectivity index (χ3v) is 2.01. The van der Waals surface area contributed by atoms with E-state index in [1.54, 1.807) is 0 Å². The van der Waals surface area contributed by atoms with Gasteiger partial charge in [-0.1, -0.05) is 6.07 Å². The Morgan fingerprint density at radius 2 is 2.17 bits per heavy atom. The average Bonchev–Trinajstić information content (AvgIpc) is 2.49. The van der Waals surface area contributed by atoms with E-state index >= 15 is 0 Å². The van der Waals surface area contributed by atoms with Gasteiger partial charge in [-0.3, -0.25) is 4.68 Å². The lowest BCUT2D eigenvalue weighted by molar-refractivity contribution is 0.976. The Labute approximate surface area is 70.8 Å². The van der Waals surface area contributed by atoms with Crippen LogP contribution in [0.1, 0.15) is 0 Å². The molecule has 0 aliphatic heterocycles. The van der Waals surface area contributed by atoms with Crippen molar-refractivity contribution in [1.82, 2.24) is 4.68 Å². The van der Waals surface area contributed by atoms with Crippen molar-refractivity contribution in [3.63, 3.8) is 0 Å². The van der Waals surface area contributed by atoms with E-state index in [-0.39, 0.29) is 0 Å². The van der Waals surface area contributed by atoms with Crippen molar-refractivity contribution in [2.24, 2.45) is 0 Å². The summed E-state index contributed by atoms with van der Waals surface area (Å²) in [5.74, 6) is 0. The Bertz CT molecular complexity index is 403. The quantitative estimate of drug-likeness (QED) is 0.621. The van der Waals surface area contributed by atoms with E-state index in [0.29, 0.717) is 0 Å². The number of benzene rings is 1. The first-order chi connectivity index (χ1) is 5.83. The van der Waals surface area contributed by atoms with Crippen LogP contribution in [0.25, 0.3) is 10.9 Å². The summed E-state index contributed by atoms with van der Waals surface area (Å²) in [5, 5.41) is 1.09. The second-order valence-electron chi connectivity index (χ2n) is 2.69. The molecule has 0 aliphatic rings. The number of nitrogens with zero attached hydrogens (tertiary/aromatic N) is 1. The number of aromatic nitrogens is 1. The topological polar surface area (TPSA) is 43.0 Å². The highest BCUT2D eigenvalue weighted by Gasteiger charge is 2.00. The van der Waals surface area contributed by atoms with E-state index in [2.05, 4.69) is 5.43 Å². The molecule has 0 fully saturated rings. The summed E-state index contributed by atoms with van der Waals surface area (Å²) in [7, 11) is 1.88. The second kappa shape index (κ2) is 2.44. The summed E-state index contributed by atoms with van der Waals surface area (Å²) in [6, 6.07) is 7.89. The van der Waals surface area contributed by atoms with Gasteiger partial charge in [0.1, 0.15) is 0 Å². The van der Waals surface area contributed by atoms with Gasteiger partial charge in [-0.05, 0) is 18.2 Å². The molecule has 0 unspecified atom stereocenters. The summed E-state index contributed by atoms with van der Waals surface area (Å²) >= 11 is 0. The highest BCUT2D eigenvalue weighted by molar-refractivity contribution is 5.91. The highest BCUT2D eigenvalue weighted by Crippen LogP contribution is 2.20. The molecule has 2 aromatic rings. The van der Waals surface area contributed by atoms with E-state index in [9.17, 15) is 0 Å². The van der Waals surface area contributed by atoms with Gasteiger partial charge in [-0.2, -0.15) is 0 Å². The van der Waals surface area contributed by atoms with Gasteiger partial charge in [0.05, 0.1) is 5.52 Å². The summed E-state index contributed by atoms with van der Waals surface area (Å²) in [4.78, 5) is 0. The summed E-state index contributed by atoms with van der Waals surface area (Å²) in [5.41, 5.74) is 10.8. The predicted molar refractivity (Wildman–Crippen MR) is 51.6 cm³/mol. The Kier molecular flexibility index (Phi) is 1.43. The van der Waals surface area contributed by atoms with Crippen LogP contribution < -0.4 is 11.2 Å². The number of nitrogen functional groups attached to an aromatic ring is 1. The fourth-order valence-corrected chi connectivity index (χ4v) is 1.39. The molecule has 0 bridgehead atoms. The van der Waals surface area contributed by atoms with E-state index in [0.717, 1.165) is 16.6 Å². The number of nitrogens with two attached hydrogens (primary N) is 1. The zero-order valence-corrected chi connectivity index (χ0v) is 6.91. The lowest BCUT2D eigenvalue weighted by atomic mass is 10.2. The summed E-state index contributed by atoms with van der Waals surface area (Å²) in [6.45, 7) is 0. The third-order valence-electron chi connectivity index (χ3n) is 2.01. The maximum Gasteiger partial charge on any atom is 0.0712 e. The van der Waals surface area contributed by atoms with Gasteiger partial charge in [-0.25, -0.2) is 0 Å². The fourth-order valence-electron chi connectivity index (χ4n) is 1.39. The minimum absolute atomic E-state index is 0.821. The number of nitrogens with one attached hydrogen (secondary N) is 1. The van der Waals surface area contributed by atoms with Crippen molar-refractivity contribution in [3.05, 3.63) is 30.5 Å². The molecular formula is C9H11N3. The number of hydrogen-bond donors (Lipinski definition) is 2. The first-order valence-corrected chi connectivity index (χ1v) is 3.86. The summed E-state index contributed by atoms with van der Waals surface area (Å²) < 4.78 is 1.94. The molecule has 3 N–H and O–H groups in total. The maximum absolute atomic E-state index is 5.78. The minimum atomic E-state index is 0.821. The molecule has 0 saturated heterocycles. The average molecular weight is 161 g/mol. The normalized spacial score (nSPS) is 10.4. The number of hydrogen-bond acceptors (Lipinski definition) is 2. The third kappa shape index (κ3) is 0.830. The standard InChI is InChI=1S/C9H11N3/c1-11-12-6-5-7-8(10)3-2-4-9(7)12/h2-6,11H,10H2,1H3. The van der Waals surface area contributed by atoms with Gasteiger partial charge in [0, 0.05) is 24.3 Å². The second-order valence-corrected chi connectivity index (χ2v) is 2.69. The van der Waals surface area contributed by atoms with Gasteiger partial charge in [0.25, 0.3) is 0 Å². The Balaban J connectivity index is 2.80. The van der Waals surface area contributed by atoms with Crippen LogP contribution in [0.3, 0.4) is 0 Å². The van der Waals surface area contributed by atoms with Crippen LogP contribution in [-0.4, -0.2) is 11.7 Å². The minimum Gasteiger partial charge on any atom is -0.398 e. The monoisotopic (exact) mass is 161 g/mol. The zero-order chi connectivity index (χ0) is 8.55. The maximum atomic E-state index is 5.78. The molecule has 0 spiro atoms. The molecule has 62 valence electrons. The lowest BCUT2D eigenvalue weighted by Gasteiger charge is -2.02. The van der Waals surface area contributed by atoms with Crippen molar-refractivity contribution in [1.29, 1.82) is 0 Å². The first kappa shape index (κ1) is 7.03. The van der Waals surface area contributed by atoms with Crippen LogP contribution in [-0.2, 0) is 0 Å². The molecule has 1 heterocycles. The molecule has 0 atom stereocenters. The zero-order valence-electron chi connectivity index (χ0n) is 6.91. The smallest absolute Gasteiger partial charge is 0.0712 e. The number of fused-ring (bicyclic) bond motifs is 1.